The predicted molar refractivity (Wildman–Crippen MR) is 90.9 cm³/mol. The fraction of sp³-hybridized carbons (Fsp3) is 0.0667. The molecule has 0 spiro atoms. The molecule has 0 atom stereocenters. The van der Waals surface area contributed by atoms with E-state index in [1.807, 2.05) is 12.1 Å². The SMILES string of the molecule is O=C(CNc1ccc(Br)cc1)N/N=C\c1cc([N+](=O)[O-])ccc1[O-]. The molecule has 0 saturated heterocycles. The molecule has 124 valence electrons. The van der Waals surface area contributed by atoms with Crippen molar-refractivity contribution in [2.45, 2.75) is 0 Å². The second-order valence-electron chi connectivity index (χ2n) is 4.63. The summed E-state index contributed by atoms with van der Waals surface area (Å²) in [5.74, 6) is -0.848. The normalized spacial score (nSPS) is 10.5. The van der Waals surface area contributed by atoms with Crippen molar-refractivity contribution in [1.29, 1.82) is 0 Å². The number of hydrogen-bond donors (Lipinski definition) is 2. The van der Waals surface area contributed by atoms with Crippen LogP contribution in [-0.4, -0.2) is 23.6 Å². The highest BCUT2D eigenvalue weighted by Crippen LogP contribution is 2.19. The van der Waals surface area contributed by atoms with Crippen LogP contribution in [0.5, 0.6) is 5.75 Å². The predicted octanol–water partition coefficient (Wildman–Crippen LogP) is 1.99. The second kappa shape index (κ2) is 8.06. The van der Waals surface area contributed by atoms with Crippen LogP contribution in [0.4, 0.5) is 11.4 Å². The average molecular weight is 392 g/mol. The third kappa shape index (κ3) is 5.06. The fourth-order valence-electron chi connectivity index (χ4n) is 1.71. The Kier molecular flexibility index (Phi) is 5.85. The molecule has 0 bridgehead atoms. The van der Waals surface area contributed by atoms with Crippen LogP contribution in [-0.2, 0) is 4.79 Å². The van der Waals surface area contributed by atoms with Gasteiger partial charge in [-0.1, -0.05) is 27.7 Å². The van der Waals surface area contributed by atoms with Gasteiger partial charge in [0.1, 0.15) is 0 Å². The maximum Gasteiger partial charge on any atom is 0.270 e. The van der Waals surface area contributed by atoms with Crippen molar-refractivity contribution < 1.29 is 14.8 Å². The quantitative estimate of drug-likeness (QED) is 0.443. The van der Waals surface area contributed by atoms with Crippen molar-refractivity contribution in [1.82, 2.24) is 5.43 Å². The van der Waals surface area contributed by atoms with Gasteiger partial charge in [0.25, 0.3) is 11.6 Å². The van der Waals surface area contributed by atoms with Crippen molar-refractivity contribution >= 4 is 39.4 Å². The summed E-state index contributed by atoms with van der Waals surface area (Å²) in [4.78, 5) is 21.7. The summed E-state index contributed by atoms with van der Waals surface area (Å²) in [5.41, 5.74) is 2.80. The molecule has 2 aromatic carbocycles. The largest absolute Gasteiger partial charge is 0.872 e. The van der Waals surface area contributed by atoms with Gasteiger partial charge in [0, 0.05) is 22.3 Å². The molecule has 0 saturated carbocycles. The number of anilines is 1. The molecular formula is C15H12BrN4O4-. The highest BCUT2D eigenvalue weighted by Gasteiger charge is 2.05. The van der Waals surface area contributed by atoms with E-state index < -0.39 is 16.6 Å². The van der Waals surface area contributed by atoms with Gasteiger partial charge in [-0.05, 0) is 29.8 Å². The van der Waals surface area contributed by atoms with Crippen molar-refractivity contribution in [2.75, 3.05) is 11.9 Å². The molecule has 0 fully saturated rings. The second-order valence-corrected chi connectivity index (χ2v) is 5.55. The summed E-state index contributed by atoms with van der Waals surface area (Å²) in [6.45, 7) is -0.0157. The minimum absolute atomic E-state index is 0.0157. The van der Waals surface area contributed by atoms with Crippen LogP contribution in [0.1, 0.15) is 5.56 Å². The van der Waals surface area contributed by atoms with Crippen molar-refractivity contribution in [3.05, 3.63) is 62.6 Å². The third-order valence-electron chi connectivity index (χ3n) is 2.89. The molecule has 0 unspecified atom stereocenters. The molecule has 0 radical (unpaired) electrons. The number of hydrogen-bond acceptors (Lipinski definition) is 6. The minimum atomic E-state index is -0.614. The van der Waals surface area contributed by atoms with E-state index in [2.05, 4.69) is 31.8 Å². The van der Waals surface area contributed by atoms with Gasteiger partial charge in [-0.25, -0.2) is 5.43 Å². The molecule has 0 aliphatic carbocycles. The van der Waals surface area contributed by atoms with Crippen LogP contribution in [0.2, 0.25) is 0 Å². The number of nitro benzene ring substituents is 1. The number of hydrazone groups is 1. The molecule has 8 nitrogen and oxygen atoms in total. The van der Waals surface area contributed by atoms with Gasteiger partial charge < -0.3 is 10.4 Å². The molecule has 9 heteroatoms. The number of nitrogens with zero attached hydrogens (tertiary/aromatic N) is 2. The molecule has 2 N–H and O–H groups in total. The smallest absolute Gasteiger partial charge is 0.270 e. The van der Waals surface area contributed by atoms with Crippen LogP contribution in [0, 0.1) is 10.1 Å². The summed E-state index contributed by atoms with van der Waals surface area (Å²) < 4.78 is 0.924. The summed E-state index contributed by atoms with van der Waals surface area (Å²) in [6, 6.07) is 10.5. The molecule has 0 aliphatic heterocycles. The Morgan fingerprint density at radius 1 is 1.25 bits per heavy atom. The van der Waals surface area contributed by atoms with Gasteiger partial charge in [-0.15, -0.1) is 0 Å². The fourth-order valence-corrected chi connectivity index (χ4v) is 1.98. The minimum Gasteiger partial charge on any atom is -0.872 e. The molecule has 2 rings (SSSR count). The number of non-ortho nitro benzene ring substituents is 1. The van der Waals surface area contributed by atoms with Gasteiger partial charge in [0.15, 0.2) is 0 Å². The zero-order valence-electron chi connectivity index (χ0n) is 12.2. The lowest BCUT2D eigenvalue weighted by Gasteiger charge is -2.08. The third-order valence-corrected chi connectivity index (χ3v) is 3.42. The van der Waals surface area contributed by atoms with E-state index in [4.69, 9.17) is 0 Å². The zero-order valence-corrected chi connectivity index (χ0v) is 13.8. The number of nitro groups is 1. The first-order chi connectivity index (χ1) is 11.5. The van der Waals surface area contributed by atoms with E-state index >= 15 is 0 Å². The number of nitrogens with one attached hydrogen (secondary N) is 2. The van der Waals surface area contributed by atoms with E-state index in [-0.39, 0.29) is 17.8 Å². The maximum atomic E-state index is 11.7. The Labute approximate surface area is 145 Å². The van der Waals surface area contributed by atoms with Crippen LogP contribution in [0.3, 0.4) is 0 Å². The summed E-state index contributed by atoms with van der Waals surface area (Å²) in [6.07, 6.45) is 1.08. The van der Waals surface area contributed by atoms with Gasteiger partial charge in [0.05, 0.1) is 17.7 Å². The van der Waals surface area contributed by atoms with E-state index in [1.165, 1.54) is 0 Å². The lowest BCUT2D eigenvalue weighted by molar-refractivity contribution is -0.385. The average Bonchev–Trinajstić information content (AvgIpc) is 2.56. The molecule has 0 aromatic heterocycles. The highest BCUT2D eigenvalue weighted by atomic mass is 79.9. The van der Waals surface area contributed by atoms with Crippen molar-refractivity contribution in [2.24, 2.45) is 5.10 Å². The van der Waals surface area contributed by atoms with Crippen LogP contribution in [0.15, 0.2) is 52.0 Å². The topological polar surface area (TPSA) is 120 Å². The highest BCUT2D eigenvalue weighted by molar-refractivity contribution is 9.10. The van der Waals surface area contributed by atoms with Crippen molar-refractivity contribution in [3.63, 3.8) is 0 Å². The Morgan fingerprint density at radius 3 is 2.62 bits per heavy atom. The number of amides is 1. The zero-order chi connectivity index (χ0) is 17.5. The Morgan fingerprint density at radius 2 is 1.96 bits per heavy atom. The monoisotopic (exact) mass is 391 g/mol. The summed E-state index contributed by atoms with van der Waals surface area (Å²) in [5, 5.41) is 28.8. The molecule has 0 heterocycles. The molecular weight excluding hydrogens is 380 g/mol. The summed E-state index contributed by atoms with van der Waals surface area (Å²) >= 11 is 3.31. The van der Waals surface area contributed by atoms with Gasteiger partial charge >= 0.3 is 0 Å². The standard InChI is InChI=1S/C15H13BrN4O4/c16-11-1-3-12(4-2-11)17-9-15(22)19-18-8-10-7-13(20(23)24)5-6-14(10)21/h1-8,17,21H,9H2,(H,19,22)/p-1/b18-8-. The van der Waals surface area contributed by atoms with Gasteiger partial charge in [-0.2, -0.15) is 5.10 Å². The van der Waals surface area contributed by atoms with Crippen LogP contribution in [0.25, 0.3) is 0 Å². The number of carbonyl (C=O) groups excluding carboxylic acids is 1. The maximum absolute atomic E-state index is 11.7. The molecule has 24 heavy (non-hydrogen) atoms. The van der Waals surface area contributed by atoms with Gasteiger partial charge in [0.2, 0.25) is 0 Å². The lowest BCUT2D eigenvalue weighted by Crippen LogP contribution is -2.25. The Balaban J connectivity index is 1.89. The Hall–Kier alpha value is -2.94. The van der Waals surface area contributed by atoms with E-state index in [0.29, 0.717) is 0 Å². The first kappa shape index (κ1) is 17.4. The lowest BCUT2D eigenvalue weighted by atomic mass is 10.2. The number of rotatable bonds is 6. The Bertz CT molecular complexity index is 778. The van der Waals surface area contributed by atoms with E-state index in [0.717, 1.165) is 34.6 Å². The van der Waals surface area contributed by atoms with Crippen molar-refractivity contribution in [3.8, 4) is 5.75 Å². The first-order valence-corrected chi connectivity index (χ1v) is 7.52. The molecule has 1 amide bonds. The number of carbonyl (C=O) groups is 1. The number of benzene rings is 2. The molecule has 0 aliphatic rings. The molecule has 2 aromatic rings. The van der Waals surface area contributed by atoms with Gasteiger partial charge in [-0.3, -0.25) is 14.9 Å². The number of halogens is 1. The first-order valence-electron chi connectivity index (χ1n) is 6.72. The summed E-state index contributed by atoms with van der Waals surface area (Å²) in [7, 11) is 0. The van der Waals surface area contributed by atoms with E-state index in [1.54, 1.807) is 12.1 Å². The van der Waals surface area contributed by atoms with Crippen LogP contribution >= 0.6 is 15.9 Å². The van der Waals surface area contributed by atoms with E-state index in [9.17, 15) is 20.0 Å². The van der Waals surface area contributed by atoms with Crippen LogP contribution < -0.4 is 15.8 Å².